The van der Waals surface area contributed by atoms with Gasteiger partial charge in [0.15, 0.2) is 9.84 Å². The fourth-order valence-electron chi connectivity index (χ4n) is 6.97. The maximum Gasteiger partial charge on any atom is 0.275 e. The third-order valence-electron chi connectivity index (χ3n) is 8.19. The highest BCUT2D eigenvalue weighted by molar-refractivity contribution is 7.90. The van der Waals surface area contributed by atoms with Gasteiger partial charge in [-0.3, -0.25) is 4.79 Å². The first kappa shape index (κ1) is 21.7. The summed E-state index contributed by atoms with van der Waals surface area (Å²) in [7, 11) is -3.33. The number of benzene rings is 2. The van der Waals surface area contributed by atoms with Crippen LogP contribution < -0.4 is 5.56 Å². The summed E-state index contributed by atoms with van der Waals surface area (Å²) < 4.78 is 39.2. The molecule has 2 aromatic carbocycles. The molecule has 0 unspecified atom stereocenters. The van der Waals surface area contributed by atoms with Crippen molar-refractivity contribution < 1.29 is 12.8 Å². The average molecular weight is 479 g/mol. The van der Waals surface area contributed by atoms with Gasteiger partial charge in [-0.25, -0.2) is 17.5 Å². The van der Waals surface area contributed by atoms with Crippen molar-refractivity contribution in [3.05, 3.63) is 70.9 Å². The lowest BCUT2D eigenvalue weighted by Crippen LogP contribution is -2.49. The van der Waals surface area contributed by atoms with Crippen LogP contribution in [0.3, 0.4) is 0 Å². The van der Waals surface area contributed by atoms with E-state index in [0.717, 1.165) is 11.8 Å². The van der Waals surface area contributed by atoms with Gasteiger partial charge in [-0.15, -0.1) is 0 Å². The van der Waals surface area contributed by atoms with Gasteiger partial charge in [0.1, 0.15) is 5.82 Å². The van der Waals surface area contributed by atoms with Crippen LogP contribution in [0.2, 0.25) is 0 Å². The van der Waals surface area contributed by atoms with Crippen molar-refractivity contribution in [3.63, 3.8) is 0 Å². The van der Waals surface area contributed by atoms with Gasteiger partial charge in [0.05, 0.1) is 22.7 Å². The molecule has 7 heteroatoms. The normalized spacial score (nSPS) is 27.8. The van der Waals surface area contributed by atoms with Gasteiger partial charge in [0.2, 0.25) is 0 Å². The zero-order valence-corrected chi connectivity index (χ0v) is 19.8. The lowest BCUT2D eigenvalue weighted by atomic mass is 9.54. The average Bonchev–Trinajstić information content (AvgIpc) is 2.79. The molecule has 176 valence electrons. The molecule has 5 nitrogen and oxygen atoms in total. The quantitative estimate of drug-likeness (QED) is 0.522. The first-order valence-corrected chi connectivity index (χ1v) is 13.9. The smallest absolute Gasteiger partial charge is 0.267 e. The van der Waals surface area contributed by atoms with Gasteiger partial charge >= 0.3 is 0 Å². The molecule has 4 fully saturated rings. The van der Waals surface area contributed by atoms with Crippen LogP contribution in [-0.2, 0) is 9.84 Å². The Morgan fingerprint density at radius 2 is 1.41 bits per heavy atom. The van der Waals surface area contributed by atoms with Crippen LogP contribution in [0.4, 0.5) is 4.39 Å². The molecule has 0 atom stereocenters. The second-order valence-corrected chi connectivity index (χ2v) is 12.4. The van der Waals surface area contributed by atoms with E-state index in [1.807, 2.05) is 0 Å². The molecule has 1 heterocycles. The minimum absolute atomic E-state index is 0.112. The van der Waals surface area contributed by atoms with Crippen LogP contribution in [0.1, 0.15) is 38.1 Å². The third-order valence-corrected chi connectivity index (χ3v) is 9.32. The van der Waals surface area contributed by atoms with E-state index in [0.29, 0.717) is 34.1 Å². The van der Waals surface area contributed by atoms with Gasteiger partial charge in [0, 0.05) is 11.8 Å². The number of halogens is 1. The van der Waals surface area contributed by atoms with Crippen LogP contribution in [0.5, 0.6) is 0 Å². The zero-order chi connectivity index (χ0) is 23.6. The summed E-state index contributed by atoms with van der Waals surface area (Å²) in [6, 6.07) is 12.6. The largest absolute Gasteiger partial charge is 0.275 e. The van der Waals surface area contributed by atoms with E-state index in [1.54, 1.807) is 47.3 Å². The maximum atomic E-state index is 14.0. The molecule has 7 rings (SSSR count). The fraction of sp³-hybridized carbons (Fsp3) is 0.407. The first-order chi connectivity index (χ1) is 16.3. The summed E-state index contributed by atoms with van der Waals surface area (Å²) in [4.78, 5) is 14.2. The van der Waals surface area contributed by atoms with Crippen LogP contribution in [-0.4, -0.2) is 24.5 Å². The predicted octanol–water partition coefficient (Wildman–Crippen LogP) is 5.12. The van der Waals surface area contributed by atoms with Crippen molar-refractivity contribution in [3.8, 4) is 22.3 Å². The summed E-state index contributed by atoms with van der Waals surface area (Å²) >= 11 is 0. The first-order valence-electron chi connectivity index (χ1n) is 12.0. The third kappa shape index (κ3) is 3.61. The van der Waals surface area contributed by atoms with E-state index >= 15 is 0 Å². The van der Waals surface area contributed by atoms with E-state index in [-0.39, 0.29) is 22.3 Å². The van der Waals surface area contributed by atoms with Crippen molar-refractivity contribution in [1.82, 2.24) is 9.78 Å². The Bertz CT molecular complexity index is 1380. The Morgan fingerprint density at radius 1 is 0.853 bits per heavy atom. The summed E-state index contributed by atoms with van der Waals surface area (Å²) in [5, 5.41) is 4.69. The van der Waals surface area contributed by atoms with Gasteiger partial charge in [0.25, 0.3) is 5.56 Å². The lowest BCUT2D eigenvalue weighted by Gasteiger charge is -2.54. The monoisotopic (exact) mass is 478 g/mol. The standard InChI is InChI=1S/C27H27FN2O3S/c1-34(32,33)23-8-4-18(5-9-23)24-15-29-30(27(31)25(24)19-2-6-22(28)7-3-19)26-20-11-16-10-17(13-20)14-21(26)12-16/h2-9,15-17,20-21,26H,10-14H2,1H3. The Balaban J connectivity index is 1.50. The zero-order valence-electron chi connectivity index (χ0n) is 19.0. The van der Waals surface area contributed by atoms with E-state index in [2.05, 4.69) is 5.10 Å². The van der Waals surface area contributed by atoms with E-state index in [9.17, 15) is 17.6 Å². The molecule has 0 N–H and O–H groups in total. The van der Waals surface area contributed by atoms with Crippen LogP contribution in [0.15, 0.2) is 64.4 Å². The predicted molar refractivity (Wildman–Crippen MR) is 129 cm³/mol. The summed E-state index contributed by atoms with van der Waals surface area (Å²) in [5.74, 6) is 2.19. The molecular formula is C27H27FN2O3S. The lowest BCUT2D eigenvalue weighted by molar-refractivity contribution is -0.0354. The minimum Gasteiger partial charge on any atom is -0.267 e. The highest BCUT2D eigenvalue weighted by Gasteiger charge is 2.49. The molecule has 0 radical (unpaired) electrons. The Kier molecular flexibility index (Phi) is 5.03. The van der Waals surface area contributed by atoms with Crippen LogP contribution in [0.25, 0.3) is 22.3 Å². The highest BCUT2D eigenvalue weighted by atomic mass is 32.2. The molecule has 0 amide bonds. The van der Waals surface area contributed by atoms with E-state index in [1.165, 1.54) is 50.5 Å². The molecular weight excluding hydrogens is 451 g/mol. The number of sulfone groups is 1. The minimum atomic E-state index is -3.33. The number of nitrogens with zero attached hydrogens (tertiary/aromatic N) is 2. The van der Waals surface area contributed by atoms with Crippen molar-refractivity contribution in [2.45, 2.75) is 43.0 Å². The summed E-state index contributed by atoms with van der Waals surface area (Å²) in [6.45, 7) is 0. The molecule has 3 aromatic rings. The van der Waals surface area contributed by atoms with Gasteiger partial charge in [-0.1, -0.05) is 24.3 Å². The topological polar surface area (TPSA) is 69.0 Å². The molecule has 0 aliphatic heterocycles. The second-order valence-electron chi connectivity index (χ2n) is 10.4. The Morgan fingerprint density at radius 3 is 1.97 bits per heavy atom. The number of hydrogen-bond donors (Lipinski definition) is 0. The summed E-state index contributed by atoms with van der Waals surface area (Å²) in [5.41, 5.74) is 2.28. The van der Waals surface area contributed by atoms with Crippen LogP contribution >= 0.6 is 0 Å². The maximum absolute atomic E-state index is 14.0. The SMILES string of the molecule is CS(=O)(=O)c1ccc(-c2cnn(C3C4CC5CC(C4)CC3C5)c(=O)c2-c2ccc(F)cc2)cc1. The molecule has 4 saturated carbocycles. The number of aromatic nitrogens is 2. The summed E-state index contributed by atoms with van der Waals surface area (Å²) in [6.07, 6.45) is 8.92. The van der Waals surface area contributed by atoms with Gasteiger partial charge in [-0.05, 0) is 91.2 Å². The Labute approximate surface area is 198 Å². The van der Waals surface area contributed by atoms with E-state index in [4.69, 9.17) is 0 Å². The number of hydrogen-bond acceptors (Lipinski definition) is 4. The van der Waals surface area contributed by atoms with Gasteiger partial charge in [-0.2, -0.15) is 5.10 Å². The fourth-order valence-corrected chi connectivity index (χ4v) is 7.60. The molecule has 4 aliphatic carbocycles. The molecule has 34 heavy (non-hydrogen) atoms. The number of rotatable bonds is 4. The van der Waals surface area contributed by atoms with Crippen molar-refractivity contribution in [2.24, 2.45) is 23.7 Å². The van der Waals surface area contributed by atoms with E-state index < -0.39 is 9.84 Å². The second kappa shape index (κ2) is 7.87. The molecule has 0 saturated heterocycles. The highest BCUT2D eigenvalue weighted by Crippen LogP contribution is 2.57. The molecule has 1 aromatic heterocycles. The molecule has 0 spiro atoms. The molecule has 4 bridgehead atoms. The Hall–Kier alpha value is -2.80. The van der Waals surface area contributed by atoms with Crippen LogP contribution in [0, 0.1) is 29.5 Å². The van der Waals surface area contributed by atoms with Gasteiger partial charge < -0.3 is 0 Å². The van der Waals surface area contributed by atoms with Crippen molar-refractivity contribution in [2.75, 3.05) is 6.26 Å². The van der Waals surface area contributed by atoms with Crippen molar-refractivity contribution >= 4 is 9.84 Å². The molecule has 4 aliphatic rings. The van der Waals surface area contributed by atoms with Crippen molar-refractivity contribution in [1.29, 1.82) is 0 Å².